The van der Waals surface area contributed by atoms with Crippen LogP contribution in [0.15, 0.2) is 24.3 Å². The van der Waals surface area contributed by atoms with E-state index in [-0.39, 0.29) is 0 Å². The van der Waals surface area contributed by atoms with Gasteiger partial charge in [-0.1, -0.05) is 18.2 Å². The summed E-state index contributed by atoms with van der Waals surface area (Å²) in [4.78, 5) is 0. The predicted molar refractivity (Wildman–Crippen MR) is 65.8 cm³/mol. The number of fused-ring (bicyclic) bond motifs is 1. The van der Waals surface area contributed by atoms with Gasteiger partial charge in [0.1, 0.15) is 0 Å². The summed E-state index contributed by atoms with van der Waals surface area (Å²) >= 11 is 5.88. The van der Waals surface area contributed by atoms with Crippen molar-refractivity contribution in [3.63, 3.8) is 0 Å². The van der Waals surface area contributed by atoms with E-state index < -0.39 is 0 Å². The van der Waals surface area contributed by atoms with Crippen LogP contribution in [0.3, 0.4) is 0 Å². The molecule has 0 aliphatic carbocycles. The van der Waals surface area contributed by atoms with Crippen molar-refractivity contribution in [3.05, 3.63) is 30.0 Å². The molecule has 0 spiro atoms. The van der Waals surface area contributed by atoms with E-state index in [1.54, 1.807) is 7.11 Å². The fourth-order valence-electron chi connectivity index (χ4n) is 1.82. The molecule has 1 heterocycles. The number of methoxy groups -OCH3 is 1. The number of hydrogen-bond donors (Lipinski definition) is 0. The van der Waals surface area contributed by atoms with E-state index in [4.69, 9.17) is 16.3 Å². The molecule has 0 N–H and O–H groups in total. The number of para-hydroxylation sites is 1. The number of aryl methyl sites for hydroxylation is 1. The van der Waals surface area contributed by atoms with Gasteiger partial charge in [0.25, 0.3) is 0 Å². The lowest BCUT2D eigenvalue weighted by Crippen LogP contribution is -2.03. The third kappa shape index (κ3) is 2.20. The topological polar surface area (TPSA) is 27.1 Å². The number of aromatic nitrogens is 2. The molecule has 86 valence electrons. The fourth-order valence-corrected chi connectivity index (χ4v) is 2.02. The largest absolute Gasteiger partial charge is 0.385 e. The average molecular weight is 239 g/mol. The highest BCUT2D eigenvalue weighted by molar-refractivity contribution is 6.17. The summed E-state index contributed by atoms with van der Waals surface area (Å²) in [5, 5.41) is 5.66. The minimum absolute atomic E-state index is 0.456. The maximum Gasteiger partial charge on any atom is 0.0850 e. The Morgan fingerprint density at radius 2 is 2.19 bits per heavy atom. The Labute approximate surface area is 100.0 Å². The number of halogens is 1. The van der Waals surface area contributed by atoms with Gasteiger partial charge in [-0.3, -0.25) is 4.68 Å². The fraction of sp³-hybridized carbons (Fsp3) is 0.417. The van der Waals surface area contributed by atoms with Crippen LogP contribution in [-0.4, -0.2) is 23.5 Å². The van der Waals surface area contributed by atoms with Gasteiger partial charge in [0.15, 0.2) is 0 Å². The van der Waals surface area contributed by atoms with E-state index >= 15 is 0 Å². The molecule has 1 aromatic carbocycles. The number of alkyl halides is 1. The normalized spacial score (nSPS) is 11.1. The zero-order valence-electron chi connectivity index (χ0n) is 9.32. The molecule has 0 radical (unpaired) electrons. The molecule has 0 atom stereocenters. The molecule has 0 aliphatic rings. The number of rotatable bonds is 5. The van der Waals surface area contributed by atoms with Gasteiger partial charge < -0.3 is 4.74 Å². The second-order valence-electron chi connectivity index (χ2n) is 3.67. The Morgan fingerprint density at radius 3 is 2.94 bits per heavy atom. The van der Waals surface area contributed by atoms with Crippen molar-refractivity contribution < 1.29 is 4.74 Å². The van der Waals surface area contributed by atoms with Crippen LogP contribution in [0, 0.1) is 0 Å². The van der Waals surface area contributed by atoms with Gasteiger partial charge in [-0.15, -0.1) is 11.6 Å². The SMILES string of the molecule is COCCCn1nc(CCl)c2ccccc21. The summed E-state index contributed by atoms with van der Waals surface area (Å²) in [7, 11) is 1.71. The van der Waals surface area contributed by atoms with Crippen LogP contribution in [0.2, 0.25) is 0 Å². The Bertz CT molecular complexity index is 467. The van der Waals surface area contributed by atoms with Crippen LogP contribution < -0.4 is 0 Å². The summed E-state index contributed by atoms with van der Waals surface area (Å²) < 4.78 is 7.05. The summed E-state index contributed by atoms with van der Waals surface area (Å²) in [5.74, 6) is 0.456. The van der Waals surface area contributed by atoms with Crippen molar-refractivity contribution in [2.45, 2.75) is 18.8 Å². The average Bonchev–Trinajstić information content (AvgIpc) is 2.68. The standard InChI is InChI=1S/C12H15ClN2O/c1-16-8-4-7-15-12-6-3-2-5-10(12)11(9-13)14-15/h2-3,5-6H,4,7-9H2,1H3. The molecular formula is C12H15ClN2O. The van der Waals surface area contributed by atoms with Gasteiger partial charge in [0.2, 0.25) is 0 Å². The smallest absolute Gasteiger partial charge is 0.0850 e. The van der Waals surface area contributed by atoms with Crippen molar-refractivity contribution in [1.29, 1.82) is 0 Å². The van der Waals surface area contributed by atoms with Crippen LogP contribution in [0.4, 0.5) is 0 Å². The molecule has 4 heteroatoms. The zero-order valence-corrected chi connectivity index (χ0v) is 10.1. The maximum absolute atomic E-state index is 5.88. The molecule has 0 bridgehead atoms. The van der Waals surface area contributed by atoms with Gasteiger partial charge in [-0.25, -0.2) is 0 Å². The second-order valence-corrected chi connectivity index (χ2v) is 3.93. The quantitative estimate of drug-likeness (QED) is 0.592. The zero-order chi connectivity index (χ0) is 11.4. The number of ether oxygens (including phenoxy) is 1. The van der Waals surface area contributed by atoms with Crippen LogP contribution in [0.5, 0.6) is 0 Å². The highest BCUT2D eigenvalue weighted by atomic mass is 35.5. The molecule has 0 amide bonds. The first-order chi connectivity index (χ1) is 7.86. The first-order valence-electron chi connectivity index (χ1n) is 5.36. The Morgan fingerprint density at radius 1 is 1.38 bits per heavy atom. The lowest BCUT2D eigenvalue weighted by atomic mass is 10.2. The lowest BCUT2D eigenvalue weighted by Gasteiger charge is -2.02. The van der Waals surface area contributed by atoms with E-state index in [1.165, 1.54) is 0 Å². The van der Waals surface area contributed by atoms with Crippen molar-refractivity contribution in [2.24, 2.45) is 0 Å². The van der Waals surface area contributed by atoms with Gasteiger partial charge in [-0.2, -0.15) is 5.10 Å². The highest BCUT2D eigenvalue weighted by Gasteiger charge is 2.08. The van der Waals surface area contributed by atoms with Crippen molar-refractivity contribution in [3.8, 4) is 0 Å². The predicted octanol–water partition coefficient (Wildman–Crippen LogP) is 2.81. The van der Waals surface area contributed by atoms with Crippen molar-refractivity contribution in [2.75, 3.05) is 13.7 Å². The molecule has 3 nitrogen and oxygen atoms in total. The lowest BCUT2D eigenvalue weighted by molar-refractivity contribution is 0.189. The van der Waals surface area contributed by atoms with E-state index in [0.29, 0.717) is 5.88 Å². The minimum Gasteiger partial charge on any atom is -0.385 e. The highest BCUT2D eigenvalue weighted by Crippen LogP contribution is 2.19. The molecule has 0 aliphatic heterocycles. The molecule has 0 unspecified atom stereocenters. The van der Waals surface area contributed by atoms with Gasteiger partial charge in [-0.05, 0) is 12.5 Å². The van der Waals surface area contributed by atoms with Crippen LogP contribution >= 0.6 is 11.6 Å². The van der Waals surface area contributed by atoms with Crippen molar-refractivity contribution in [1.82, 2.24) is 9.78 Å². The van der Waals surface area contributed by atoms with E-state index in [0.717, 1.165) is 36.2 Å². The van der Waals surface area contributed by atoms with Gasteiger partial charge in [0.05, 0.1) is 17.1 Å². The molecule has 1 aromatic heterocycles. The van der Waals surface area contributed by atoms with Crippen molar-refractivity contribution >= 4 is 22.5 Å². The summed E-state index contributed by atoms with van der Waals surface area (Å²) in [6.45, 7) is 1.62. The molecule has 2 rings (SSSR count). The maximum atomic E-state index is 5.88. The van der Waals surface area contributed by atoms with Gasteiger partial charge >= 0.3 is 0 Å². The molecular weight excluding hydrogens is 224 g/mol. The molecule has 16 heavy (non-hydrogen) atoms. The summed E-state index contributed by atoms with van der Waals surface area (Å²) in [5.41, 5.74) is 2.10. The third-order valence-electron chi connectivity index (χ3n) is 2.58. The van der Waals surface area contributed by atoms with Crippen LogP contribution in [0.1, 0.15) is 12.1 Å². The molecule has 0 fully saturated rings. The minimum atomic E-state index is 0.456. The Balaban J connectivity index is 2.30. The summed E-state index contributed by atoms with van der Waals surface area (Å²) in [6, 6.07) is 8.17. The summed E-state index contributed by atoms with van der Waals surface area (Å²) in [6.07, 6.45) is 0.962. The Hall–Kier alpha value is -1.06. The van der Waals surface area contributed by atoms with Crippen LogP contribution in [0.25, 0.3) is 10.9 Å². The Kier molecular flexibility index (Phi) is 3.80. The molecule has 0 saturated heterocycles. The van der Waals surface area contributed by atoms with Gasteiger partial charge in [0, 0.05) is 25.6 Å². The van der Waals surface area contributed by atoms with Crippen LogP contribution in [-0.2, 0) is 17.2 Å². The van der Waals surface area contributed by atoms with E-state index in [1.807, 2.05) is 16.8 Å². The van der Waals surface area contributed by atoms with E-state index in [9.17, 15) is 0 Å². The van der Waals surface area contributed by atoms with E-state index in [2.05, 4.69) is 17.2 Å². The molecule has 2 aromatic rings. The number of nitrogens with zero attached hydrogens (tertiary/aromatic N) is 2. The number of benzene rings is 1. The first kappa shape index (κ1) is 11.4. The second kappa shape index (κ2) is 5.32. The number of hydrogen-bond acceptors (Lipinski definition) is 2. The monoisotopic (exact) mass is 238 g/mol. The molecule has 0 saturated carbocycles. The third-order valence-corrected chi connectivity index (χ3v) is 2.83. The first-order valence-corrected chi connectivity index (χ1v) is 5.89.